The summed E-state index contributed by atoms with van der Waals surface area (Å²) in [5, 5.41) is 15.5. The minimum atomic E-state index is -0.755. The summed E-state index contributed by atoms with van der Waals surface area (Å²) in [5.41, 5.74) is 1.45. The number of aliphatic hydroxyl groups excluding tert-OH is 1. The molecule has 0 bridgehead atoms. The molecule has 0 aliphatic heterocycles. The second-order valence-corrected chi connectivity index (χ2v) is 6.42. The van der Waals surface area contributed by atoms with Crippen LogP contribution in [-0.2, 0) is 16.0 Å². The molecule has 1 aromatic carbocycles. The summed E-state index contributed by atoms with van der Waals surface area (Å²) < 4.78 is 13.3. The number of H-pyrrole nitrogens is 1. The van der Waals surface area contributed by atoms with Gasteiger partial charge in [0.2, 0.25) is 11.8 Å². The van der Waals surface area contributed by atoms with E-state index in [2.05, 4.69) is 15.6 Å². The first-order valence-electron chi connectivity index (χ1n) is 8.25. The molecule has 136 valence electrons. The second kappa shape index (κ2) is 8.11. The monoisotopic (exact) mass is 349 g/mol. The molecule has 7 heteroatoms. The number of hydrogen-bond donors (Lipinski definition) is 4. The maximum Gasteiger partial charge on any atom is 0.243 e. The second-order valence-electron chi connectivity index (χ2n) is 6.42. The van der Waals surface area contributed by atoms with Gasteiger partial charge in [0.1, 0.15) is 11.9 Å². The largest absolute Gasteiger partial charge is 0.396 e. The minimum absolute atomic E-state index is 0.0414. The summed E-state index contributed by atoms with van der Waals surface area (Å²) in [6, 6.07) is 3.41. The van der Waals surface area contributed by atoms with Gasteiger partial charge < -0.3 is 20.7 Å². The molecule has 0 aliphatic carbocycles. The van der Waals surface area contributed by atoms with Crippen molar-refractivity contribution in [1.29, 1.82) is 0 Å². The van der Waals surface area contributed by atoms with Gasteiger partial charge in [0.05, 0.1) is 0 Å². The SMILES string of the molecule is CC(=O)NC(Cc1c[nH]c2cc(F)ccc12)C(=O)NC(C)C(C)CO. The third kappa shape index (κ3) is 4.79. The zero-order valence-electron chi connectivity index (χ0n) is 14.6. The van der Waals surface area contributed by atoms with Crippen molar-refractivity contribution < 1.29 is 19.1 Å². The first kappa shape index (κ1) is 18.9. The molecule has 2 amide bonds. The molecule has 3 unspecified atom stereocenters. The van der Waals surface area contributed by atoms with Crippen LogP contribution >= 0.6 is 0 Å². The molecule has 1 heterocycles. The van der Waals surface area contributed by atoms with Gasteiger partial charge in [0, 0.05) is 43.1 Å². The third-order valence-electron chi connectivity index (χ3n) is 4.36. The van der Waals surface area contributed by atoms with Gasteiger partial charge in [-0.2, -0.15) is 0 Å². The molecule has 25 heavy (non-hydrogen) atoms. The van der Waals surface area contributed by atoms with E-state index in [0.29, 0.717) is 5.52 Å². The number of aromatic amines is 1. The fourth-order valence-corrected chi connectivity index (χ4v) is 2.63. The van der Waals surface area contributed by atoms with Crippen molar-refractivity contribution in [1.82, 2.24) is 15.6 Å². The fourth-order valence-electron chi connectivity index (χ4n) is 2.63. The molecule has 1 aromatic heterocycles. The van der Waals surface area contributed by atoms with Crippen molar-refractivity contribution in [3.63, 3.8) is 0 Å². The summed E-state index contributed by atoms with van der Waals surface area (Å²) in [5.74, 6) is -1.07. The molecular weight excluding hydrogens is 325 g/mol. The molecule has 0 spiro atoms. The summed E-state index contributed by atoms with van der Waals surface area (Å²) in [7, 11) is 0. The maximum absolute atomic E-state index is 13.3. The molecule has 0 fully saturated rings. The normalized spacial score (nSPS) is 14.8. The van der Waals surface area contributed by atoms with E-state index in [0.717, 1.165) is 10.9 Å². The van der Waals surface area contributed by atoms with E-state index in [1.54, 1.807) is 19.2 Å². The Labute approximate surface area is 145 Å². The van der Waals surface area contributed by atoms with Crippen LogP contribution in [0.5, 0.6) is 0 Å². The average molecular weight is 349 g/mol. The quantitative estimate of drug-likeness (QED) is 0.610. The Kier molecular flexibility index (Phi) is 6.14. The highest BCUT2D eigenvalue weighted by molar-refractivity contribution is 5.89. The zero-order valence-corrected chi connectivity index (χ0v) is 14.6. The first-order chi connectivity index (χ1) is 11.8. The molecule has 2 rings (SSSR count). The lowest BCUT2D eigenvalue weighted by atomic mass is 10.0. The number of nitrogens with one attached hydrogen (secondary N) is 3. The highest BCUT2D eigenvalue weighted by Gasteiger charge is 2.24. The van der Waals surface area contributed by atoms with Gasteiger partial charge in [0.25, 0.3) is 0 Å². The highest BCUT2D eigenvalue weighted by Crippen LogP contribution is 2.20. The van der Waals surface area contributed by atoms with Crippen LogP contribution in [0.25, 0.3) is 10.9 Å². The Bertz CT molecular complexity index is 759. The van der Waals surface area contributed by atoms with Crippen molar-refractivity contribution in [2.45, 2.75) is 39.3 Å². The number of fused-ring (bicyclic) bond motifs is 1. The summed E-state index contributed by atoms with van der Waals surface area (Å²) >= 11 is 0. The lowest BCUT2D eigenvalue weighted by Crippen LogP contribution is -2.51. The van der Waals surface area contributed by atoms with Crippen LogP contribution in [0.15, 0.2) is 24.4 Å². The van der Waals surface area contributed by atoms with Crippen LogP contribution in [0.1, 0.15) is 26.3 Å². The number of aromatic nitrogens is 1. The highest BCUT2D eigenvalue weighted by atomic mass is 19.1. The van der Waals surface area contributed by atoms with Crippen molar-refractivity contribution >= 4 is 22.7 Å². The van der Waals surface area contributed by atoms with E-state index in [4.69, 9.17) is 0 Å². The van der Waals surface area contributed by atoms with Gasteiger partial charge in [-0.25, -0.2) is 4.39 Å². The number of amides is 2. The molecule has 2 aromatic rings. The van der Waals surface area contributed by atoms with E-state index >= 15 is 0 Å². The lowest BCUT2D eigenvalue weighted by molar-refractivity contribution is -0.128. The van der Waals surface area contributed by atoms with E-state index in [9.17, 15) is 19.1 Å². The number of carbonyl (C=O) groups is 2. The van der Waals surface area contributed by atoms with E-state index in [1.807, 2.05) is 6.92 Å². The predicted molar refractivity (Wildman–Crippen MR) is 93.4 cm³/mol. The Morgan fingerprint density at radius 3 is 2.64 bits per heavy atom. The Morgan fingerprint density at radius 1 is 1.28 bits per heavy atom. The number of carbonyl (C=O) groups excluding carboxylic acids is 2. The molecule has 3 atom stereocenters. The van der Waals surface area contributed by atoms with Gasteiger partial charge in [-0.1, -0.05) is 6.92 Å². The average Bonchev–Trinajstić information content (AvgIpc) is 2.94. The fraction of sp³-hybridized carbons (Fsp3) is 0.444. The number of hydrogen-bond acceptors (Lipinski definition) is 3. The van der Waals surface area contributed by atoms with Crippen molar-refractivity contribution in [2.75, 3.05) is 6.61 Å². The van der Waals surface area contributed by atoms with Gasteiger partial charge in [-0.05, 0) is 36.6 Å². The number of aliphatic hydroxyl groups is 1. The summed E-state index contributed by atoms with van der Waals surface area (Å²) in [4.78, 5) is 27.0. The minimum Gasteiger partial charge on any atom is -0.396 e. The van der Waals surface area contributed by atoms with Crippen molar-refractivity contribution in [3.8, 4) is 0 Å². The lowest BCUT2D eigenvalue weighted by Gasteiger charge is -2.23. The first-order valence-corrected chi connectivity index (χ1v) is 8.25. The molecule has 0 saturated heterocycles. The Morgan fingerprint density at radius 2 is 2.00 bits per heavy atom. The van der Waals surface area contributed by atoms with Crippen LogP contribution in [0.4, 0.5) is 4.39 Å². The van der Waals surface area contributed by atoms with Crippen LogP contribution in [0, 0.1) is 11.7 Å². The zero-order chi connectivity index (χ0) is 18.6. The van der Waals surface area contributed by atoms with Crippen molar-refractivity contribution in [3.05, 3.63) is 35.8 Å². The van der Waals surface area contributed by atoms with E-state index < -0.39 is 6.04 Å². The standard InChI is InChI=1S/C18H24FN3O3/c1-10(9-23)11(2)21-18(25)17(22-12(3)24)6-13-8-20-16-7-14(19)4-5-15(13)16/h4-5,7-8,10-11,17,20,23H,6,9H2,1-3H3,(H,21,25)(H,22,24). The smallest absolute Gasteiger partial charge is 0.243 e. The van der Waals surface area contributed by atoms with Gasteiger partial charge in [-0.15, -0.1) is 0 Å². The van der Waals surface area contributed by atoms with Crippen LogP contribution in [-0.4, -0.2) is 40.6 Å². The predicted octanol–water partition coefficient (Wildman–Crippen LogP) is 1.49. The molecule has 0 radical (unpaired) electrons. The van der Waals surface area contributed by atoms with Gasteiger partial charge in [-0.3, -0.25) is 9.59 Å². The van der Waals surface area contributed by atoms with Crippen molar-refractivity contribution in [2.24, 2.45) is 5.92 Å². The summed E-state index contributed by atoms with van der Waals surface area (Å²) in [6.45, 7) is 4.94. The van der Waals surface area contributed by atoms with Crippen LogP contribution in [0.2, 0.25) is 0 Å². The molecule has 4 N–H and O–H groups in total. The Balaban J connectivity index is 2.19. The molecule has 0 saturated carbocycles. The molecular formula is C18H24FN3O3. The number of benzene rings is 1. The van der Waals surface area contributed by atoms with Crippen LogP contribution < -0.4 is 10.6 Å². The number of halogens is 1. The summed E-state index contributed by atoms with van der Waals surface area (Å²) in [6.07, 6.45) is 1.99. The van der Waals surface area contributed by atoms with Gasteiger partial charge >= 0.3 is 0 Å². The van der Waals surface area contributed by atoms with E-state index in [-0.39, 0.29) is 42.6 Å². The molecule has 0 aliphatic rings. The topological polar surface area (TPSA) is 94.2 Å². The van der Waals surface area contributed by atoms with Crippen LogP contribution in [0.3, 0.4) is 0 Å². The Hall–Kier alpha value is -2.41. The number of rotatable bonds is 7. The maximum atomic E-state index is 13.3. The van der Waals surface area contributed by atoms with Gasteiger partial charge in [0.15, 0.2) is 0 Å². The van der Waals surface area contributed by atoms with E-state index in [1.165, 1.54) is 19.1 Å². The third-order valence-corrected chi connectivity index (χ3v) is 4.36. The molecule has 6 nitrogen and oxygen atoms in total.